The lowest BCUT2D eigenvalue weighted by atomic mass is 10.2. The van der Waals surface area contributed by atoms with E-state index in [9.17, 15) is 13.2 Å². The zero-order valence-corrected chi connectivity index (χ0v) is 17.5. The molecule has 6 nitrogen and oxygen atoms in total. The molecule has 1 heterocycles. The fraction of sp³-hybridized carbons (Fsp3) is 0.350. The van der Waals surface area contributed by atoms with Gasteiger partial charge >= 0.3 is 0 Å². The van der Waals surface area contributed by atoms with E-state index in [1.54, 1.807) is 12.1 Å². The molecule has 0 saturated carbocycles. The van der Waals surface area contributed by atoms with Crippen LogP contribution in [0.1, 0.15) is 29.8 Å². The zero-order valence-electron chi connectivity index (χ0n) is 16.0. The lowest BCUT2D eigenvalue weighted by molar-refractivity contribution is -0.0440. The molecule has 0 aliphatic carbocycles. The summed E-state index contributed by atoms with van der Waals surface area (Å²) < 4.78 is 32.8. The topological polar surface area (TPSA) is 75.7 Å². The summed E-state index contributed by atoms with van der Waals surface area (Å²) in [5.41, 5.74) is 1.84. The number of halogens is 1. The molecule has 0 bridgehead atoms. The molecule has 0 radical (unpaired) electrons. The molecular weight excluding hydrogens is 400 g/mol. The fourth-order valence-electron chi connectivity index (χ4n) is 3.17. The third-order valence-electron chi connectivity index (χ3n) is 4.51. The monoisotopic (exact) mass is 422 g/mol. The highest BCUT2D eigenvalue weighted by molar-refractivity contribution is 7.89. The van der Waals surface area contributed by atoms with Gasteiger partial charge in [-0.15, -0.1) is 0 Å². The molecule has 28 heavy (non-hydrogen) atoms. The van der Waals surface area contributed by atoms with Crippen LogP contribution >= 0.6 is 11.6 Å². The van der Waals surface area contributed by atoms with Crippen LogP contribution in [0.5, 0.6) is 0 Å². The van der Waals surface area contributed by atoms with Crippen LogP contribution in [-0.2, 0) is 14.8 Å². The summed E-state index contributed by atoms with van der Waals surface area (Å²) in [6.45, 7) is 6.22. The van der Waals surface area contributed by atoms with Gasteiger partial charge in [-0.05, 0) is 62.7 Å². The SMILES string of the molecule is Cc1ccc(NC(=O)c2ccc(S(=O)(=O)N3CC(C)OC(C)C3)cc2)c(Cl)c1. The maximum Gasteiger partial charge on any atom is 0.255 e. The maximum atomic E-state index is 12.9. The van der Waals surface area contributed by atoms with E-state index in [4.69, 9.17) is 16.3 Å². The lowest BCUT2D eigenvalue weighted by Gasteiger charge is -2.34. The summed E-state index contributed by atoms with van der Waals surface area (Å²) in [5.74, 6) is -0.358. The van der Waals surface area contributed by atoms with Crippen molar-refractivity contribution in [1.82, 2.24) is 4.31 Å². The van der Waals surface area contributed by atoms with Gasteiger partial charge in [0.25, 0.3) is 5.91 Å². The number of amides is 1. The van der Waals surface area contributed by atoms with Gasteiger partial charge in [0, 0.05) is 18.7 Å². The second kappa shape index (κ2) is 8.21. The molecule has 150 valence electrons. The van der Waals surface area contributed by atoms with Gasteiger partial charge in [-0.3, -0.25) is 4.79 Å². The van der Waals surface area contributed by atoms with Crippen molar-refractivity contribution in [3.63, 3.8) is 0 Å². The fourth-order valence-corrected chi connectivity index (χ4v) is 5.04. The molecule has 0 aromatic heterocycles. The van der Waals surface area contributed by atoms with E-state index in [0.29, 0.717) is 29.4 Å². The molecule has 2 aromatic rings. The highest BCUT2D eigenvalue weighted by Crippen LogP contribution is 2.24. The normalized spacial score (nSPS) is 20.7. The quantitative estimate of drug-likeness (QED) is 0.815. The number of benzene rings is 2. The number of morpholine rings is 1. The summed E-state index contributed by atoms with van der Waals surface area (Å²) in [5, 5.41) is 3.19. The second-order valence-electron chi connectivity index (χ2n) is 7.04. The Balaban J connectivity index is 1.76. The van der Waals surface area contributed by atoms with Crippen molar-refractivity contribution in [2.45, 2.75) is 37.9 Å². The molecular formula is C20H23ClN2O4S. The Labute approximate surface area is 170 Å². The molecule has 1 aliphatic rings. The Kier molecular flexibility index (Phi) is 6.09. The van der Waals surface area contributed by atoms with E-state index >= 15 is 0 Å². The first-order chi connectivity index (χ1) is 13.2. The van der Waals surface area contributed by atoms with Crippen molar-refractivity contribution in [1.29, 1.82) is 0 Å². The maximum absolute atomic E-state index is 12.9. The minimum absolute atomic E-state index is 0.152. The summed E-state index contributed by atoms with van der Waals surface area (Å²) in [6, 6.07) is 11.2. The van der Waals surface area contributed by atoms with Gasteiger partial charge in [-0.1, -0.05) is 17.7 Å². The minimum Gasteiger partial charge on any atom is -0.373 e. The van der Waals surface area contributed by atoms with Crippen LogP contribution in [0.4, 0.5) is 5.69 Å². The smallest absolute Gasteiger partial charge is 0.255 e. The van der Waals surface area contributed by atoms with E-state index < -0.39 is 10.0 Å². The average Bonchev–Trinajstić information content (AvgIpc) is 2.63. The number of aryl methyl sites for hydroxylation is 1. The predicted molar refractivity (Wildman–Crippen MR) is 109 cm³/mol. The van der Waals surface area contributed by atoms with Crippen LogP contribution in [0.25, 0.3) is 0 Å². The van der Waals surface area contributed by atoms with Gasteiger partial charge in [0.05, 0.1) is 27.8 Å². The van der Waals surface area contributed by atoms with Crippen LogP contribution < -0.4 is 5.32 Å². The Morgan fingerprint density at radius 2 is 1.71 bits per heavy atom. The Hall–Kier alpha value is -1.93. The van der Waals surface area contributed by atoms with E-state index in [-0.39, 0.29) is 23.0 Å². The van der Waals surface area contributed by atoms with E-state index in [1.807, 2.05) is 26.8 Å². The molecule has 3 rings (SSSR count). The molecule has 0 spiro atoms. The molecule has 2 aromatic carbocycles. The summed E-state index contributed by atoms with van der Waals surface area (Å²) in [7, 11) is -3.64. The standard InChI is InChI=1S/C20H23ClN2O4S/c1-13-4-9-19(18(21)10-13)22-20(24)16-5-7-17(8-6-16)28(25,26)23-11-14(2)27-15(3)12-23/h4-10,14-15H,11-12H2,1-3H3,(H,22,24). The van der Waals surface area contributed by atoms with Crippen molar-refractivity contribution in [2.24, 2.45) is 0 Å². The van der Waals surface area contributed by atoms with E-state index in [1.165, 1.54) is 28.6 Å². The average molecular weight is 423 g/mol. The predicted octanol–water partition coefficient (Wildman–Crippen LogP) is 3.70. The first kappa shape index (κ1) is 20.8. The number of hydrogen-bond donors (Lipinski definition) is 1. The van der Waals surface area contributed by atoms with Crippen molar-refractivity contribution in [3.8, 4) is 0 Å². The molecule has 2 unspecified atom stereocenters. The molecule has 2 atom stereocenters. The highest BCUT2D eigenvalue weighted by Gasteiger charge is 2.32. The molecule has 1 saturated heterocycles. The molecule has 1 N–H and O–H groups in total. The first-order valence-electron chi connectivity index (χ1n) is 9.00. The molecule has 1 fully saturated rings. The van der Waals surface area contributed by atoms with Crippen LogP contribution in [-0.4, -0.2) is 43.9 Å². The van der Waals surface area contributed by atoms with Gasteiger partial charge < -0.3 is 10.1 Å². The molecule has 1 aliphatic heterocycles. The number of rotatable bonds is 4. The Morgan fingerprint density at radius 1 is 1.11 bits per heavy atom. The van der Waals surface area contributed by atoms with Crippen molar-refractivity contribution < 1.29 is 17.9 Å². The van der Waals surface area contributed by atoms with E-state index in [0.717, 1.165) is 5.56 Å². The number of sulfonamides is 1. The van der Waals surface area contributed by atoms with Crippen molar-refractivity contribution in [3.05, 3.63) is 58.6 Å². The van der Waals surface area contributed by atoms with Crippen LogP contribution in [0.2, 0.25) is 5.02 Å². The number of ether oxygens (including phenoxy) is 1. The van der Waals surface area contributed by atoms with Crippen molar-refractivity contribution in [2.75, 3.05) is 18.4 Å². The van der Waals surface area contributed by atoms with Crippen LogP contribution in [0.3, 0.4) is 0 Å². The van der Waals surface area contributed by atoms with Gasteiger partial charge in [0.2, 0.25) is 10.0 Å². The second-order valence-corrected chi connectivity index (χ2v) is 9.39. The summed E-state index contributed by atoms with van der Waals surface area (Å²) in [4.78, 5) is 12.6. The van der Waals surface area contributed by atoms with Gasteiger partial charge in [0.15, 0.2) is 0 Å². The zero-order chi connectivity index (χ0) is 20.5. The number of carbonyl (C=O) groups excluding carboxylic acids is 1. The third-order valence-corrected chi connectivity index (χ3v) is 6.67. The third kappa shape index (κ3) is 4.55. The lowest BCUT2D eigenvalue weighted by Crippen LogP contribution is -2.48. The highest BCUT2D eigenvalue weighted by atomic mass is 35.5. The Morgan fingerprint density at radius 3 is 2.29 bits per heavy atom. The van der Waals surface area contributed by atoms with E-state index in [2.05, 4.69) is 5.32 Å². The number of anilines is 1. The molecule has 8 heteroatoms. The minimum atomic E-state index is -3.64. The number of nitrogens with one attached hydrogen (secondary N) is 1. The number of nitrogens with zero attached hydrogens (tertiary/aromatic N) is 1. The Bertz CT molecular complexity index is 966. The number of carbonyl (C=O) groups is 1. The molecule has 1 amide bonds. The van der Waals surface area contributed by atoms with Gasteiger partial charge in [-0.2, -0.15) is 4.31 Å². The van der Waals surface area contributed by atoms with Gasteiger partial charge in [0.1, 0.15) is 0 Å². The summed E-state index contributed by atoms with van der Waals surface area (Å²) in [6.07, 6.45) is -0.328. The van der Waals surface area contributed by atoms with Crippen molar-refractivity contribution >= 4 is 33.2 Å². The van der Waals surface area contributed by atoms with Crippen LogP contribution in [0, 0.1) is 6.92 Å². The number of hydrogen-bond acceptors (Lipinski definition) is 4. The van der Waals surface area contributed by atoms with Gasteiger partial charge in [-0.25, -0.2) is 8.42 Å². The largest absolute Gasteiger partial charge is 0.373 e. The van der Waals surface area contributed by atoms with Crippen LogP contribution in [0.15, 0.2) is 47.4 Å². The summed E-state index contributed by atoms with van der Waals surface area (Å²) >= 11 is 6.15. The first-order valence-corrected chi connectivity index (χ1v) is 10.8.